The monoisotopic (exact) mass is 243 g/mol. The highest BCUT2D eigenvalue weighted by atomic mass is 32.2. The molecule has 92 valence electrons. The normalized spacial score (nSPS) is 26.9. The van der Waals surface area contributed by atoms with Crippen LogP contribution in [0.25, 0.3) is 0 Å². The molecule has 0 aromatic rings. The van der Waals surface area contributed by atoms with Gasteiger partial charge in [-0.2, -0.15) is 11.8 Å². The summed E-state index contributed by atoms with van der Waals surface area (Å²) in [6, 6.07) is 0.0666. The number of rotatable bonds is 4. The van der Waals surface area contributed by atoms with Gasteiger partial charge in [-0.1, -0.05) is 0 Å². The number of carbonyl (C=O) groups is 1. The second-order valence-corrected chi connectivity index (χ2v) is 5.62. The van der Waals surface area contributed by atoms with E-state index >= 15 is 0 Å². The van der Waals surface area contributed by atoms with Crippen LogP contribution in [-0.4, -0.2) is 61.1 Å². The molecule has 0 aromatic heterocycles. The molecule has 0 aromatic carbocycles. The topological polar surface area (TPSA) is 44.4 Å². The molecule has 2 saturated heterocycles. The summed E-state index contributed by atoms with van der Waals surface area (Å²) in [5.74, 6) is 2.65. The summed E-state index contributed by atoms with van der Waals surface area (Å²) in [6.45, 7) is 5.12. The maximum Gasteiger partial charge on any atom is 0.237 e. The minimum Gasteiger partial charge on any atom is -0.353 e. The quantitative estimate of drug-likeness (QED) is 0.724. The van der Waals surface area contributed by atoms with Crippen LogP contribution in [0.15, 0.2) is 0 Å². The molecule has 2 aliphatic heterocycles. The lowest BCUT2D eigenvalue weighted by Crippen LogP contribution is -2.44. The molecular weight excluding hydrogens is 222 g/mol. The number of nitrogens with zero attached hydrogens (tertiary/aromatic N) is 1. The molecule has 5 heteroatoms. The van der Waals surface area contributed by atoms with Gasteiger partial charge in [0.1, 0.15) is 0 Å². The molecule has 0 radical (unpaired) electrons. The summed E-state index contributed by atoms with van der Waals surface area (Å²) >= 11 is 2.02. The highest BCUT2D eigenvalue weighted by molar-refractivity contribution is 7.99. The third-order valence-corrected chi connectivity index (χ3v) is 4.15. The van der Waals surface area contributed by atoms with E-state index in [0.29, 0.717) is 0 Å². The van der Waals surface area contributed by atoms with Crippen molar-refractivity contribution in [2.75, 3.05) is 44.2 Å². The Morgan fingerprint density at radius 3 is 2.94 bits per heavy atom. The van der Waals surface area contributed by atoms with E-state index in [0.717, 1.165) is 32.5 Å². The van der Waals surface area contributed by atoms with E-state index in [1.807, 2.05) is 11.8 Å². The van der Waals surface area contributed by atoms with Crippen LogP contribution in [0.3, 0.4) is 0 Å². The molecule has 16 heavy (non-hydrogen) atoms. The number of hydrogen-bond acceptors (Lipinski definition) is 4. The van der Waals surface area contributed by atoms with E-state index in [-0.39, 0.29) is 11.9 Å². The van der Waals surface area contributed by atoms with Gasteiger partial charge < -0.3 is 10.6 Å². The van der Waals surface area contributed by atoms with Crippen LogP contribution in [0.4, 0.5) is 0 Å². The molecule has 1 atom stereocenters. The van der Waals surface area contributed by atoms with Gasteiger partial charge in [-0.25, -0.2) is 0 Å². The van der Waals surface area contributed by atoms with E-state index in [2.05, 4.69) is 15.5 Å². The Morgan fingerprint density at radius 1 is 1.44 bits per heavy atom. The number of carbonyl (C=O) groups excluding carboxylic acids is 1. The van der Waals surface area contributed by atoms with Crippen LogP contribution in [0.1, 0.15) is 12.8 Å². The van der Waals surface area contributed by atoms with Crippen LogP contribution >= 0.6 is 11.8 Å². The Morgan fingerprint density at radius 2 is 2.25 bits per heavy atom. The SMILES string of the molecule is O=C(NCCN1CCSCC1)C1CCCN1. The Kier molecular flexibility index (Phi) is 4.93. The van der Waals surface area contributed by atoms with Crippen molar-refractivity contribution in [2.45, 2.75) is 18.9 Å². The van der Waals surface area contributed by atoms with Crippen molar-refractivity contribution >= 4 is 17.7 Å². The average Bonchev–Trinajstić information content (AvgIpc) is 2.84. The molecule has 1 amide bonds. The summed E-state index contributed by atoms with van der Waals surface area (Å²) < 4.78 is 0. The number of thioether (sulfide) groups is 1. The first kappa shape index (κ1) is 12.2. The smallest absolute Gasteiger partial charge is 0.237 e. The summed E-state index contributed by atoms with van der Waals surface area (Å²) in [6.07, 6.45) is 2.12. The van der Waals surface area contributed by atoms with Crippen molar-refractivity contribution in [1.82, 2.24) is 15.5 Å². The fraction of sp³-hybridized carbons (Fsp3) is 0.909. The van der Waals surface area contributed by atoms with Crippen LogP contribution in [-0.2, 0) is 4.79 Å². The molecular formula is C11H21N3OS. The minimum atomic E-state index is 0.0666. The number of amides is 1. The first-order valence-corrected chi connectivity index (χ1v) is 7.33. The number of hydrogen-bond donors (Lipinski definition) is 2. The van der Waals surface area contributed by atoms with Gasteiger partial charge in [-0.15, -0.1) is 0 Å². The fourth-order valence-corrected chi connectivity index (χ4v) is 3.17. The molecule has 0 aliphatic carbocycles. The second-order valence-electron chi connectivity index (χ2n) is 4.39. The molecule has 2 aliphatic rings. The highest BCUT2D eigenvalue weighted by Gasteiger charge is 2.21. The summed E-state index contributed by atoms with van der Waals surface area (Å²) in [4.78, 5) is 14.1. The first-order valence-electron chi connectivity index (χ1n) is 6.17. The van der Waals surface area contributed by atoms with Crippen LogP contribution in [0.5, 0.6) is 0 Å². The Hall–Kier alpha value is -0.260. The van der Waals surface area contributed by atoms with Gasteiger partial charge in [-0.05, 0) is 19.4 Å². The van der Waals surface area contributed by atoms with E-state index in [9.17, 15) is 4.79 Å². The predicted octanol–water partition coefficient (Wildman–Crippen LogP) is -0.0966. The van der Waals surface area contributed by atoms with Crippen LogP contribution in [0.2, 0.25) is 0 Å². The lowest BCUT2D eigenvalue weighted by atomic mass is 10.2. The van der Waals surface area contributed by atoms with E-state index < -0.39 is 0 Å². The van der Waals surface area contributed by atoms with Gasteiger partial charge in [-0.3, -0.25) is 9.69 Å². The van der Waals surface area contributed by atoms with Crippen molar-refractivity contribution in [2.24, 2.45) is 0 Å². The van der Waals surface area contributed by atoms with Crippen molar-refractivity contribution < 1.29 is 4.79 Å². The van der Waals surface area contributed by atoms with Crippen LogP contribution < -0.4 is 10.6 Å². The van der Waals surface area contributed by atoms with Crippen molar-refractivity contribution in [1.29, 1.82) is 0 Å². The standard InChI is InChI=1S/C11H21N3OS/c15-11(10-2-1-3-12-10)13-4-5-14-6-8-16-9-7-14/h10,12H,1-9H2,(H,13,15). The fourth-order valence-electron chi connectivity index (χ4n) is 2.19. The molecule has 2 N–H and O–H groups in total. The van der Waals surface area contributed by atoms with Gasteiger partial charge >= 0.3 is 0 Å². The maximum absolute atomic E-state index is 11.7. The van der Waals surface area contributed by atoms with E-state index in [1.54, 1.807) is 0 Å². The molecule has 0 spiro atoms. The van der Waals surface area contributed by atoms with Crippen molar-refractivity contribution in [3.8, 4) is 0 Å². The van der Waals surface area contributed by atoms with E-state index in [4.69, 9.17) is 0 Å². The second kappa shape index (κ2) is 6.47. The van der Waals surface area contributed by atoms with Crippen LogP contribution in [0, 0.1) is 0 Å². The molecule has 4 nitrogen and oxygen atoms in total. The van der Waals surface area contributed by atoms with Crippen molar-refractivity contribution in [3.63, 3.8) is 0 Å². The minimum absolute atomic E-state index is 0.0666. The molecule has 2 fully saturated rings. The van der Waals surface area contributed by atoms with Gasteiger partial charge in [0.2, 0.25) is 5.91 Å². The summed E-state index contributed by atoms with van der Waals surface area (Å²) in [5, 5.41) is 6.24. The third-order valence-electron chi connectivity index (χ3n) is 3.21. The van der Waals surface area contributed by atoms with Gasteiger partial charge in [0.05, 0.1) is 6.04 Å². The zero-order chi connectivity index (χ0) is 11.2. The zero-order valence-corrected chi connectivity index (χ0v) is 10.5. The molecule has 2 heterocycles. The lowest BCUT2D eigenvalue weighted by molar-refractivity contribution is -0.122. The lowest BCUT2D eigenvalue weighted by Gasteiger charge is -2.26. The predicted molar refractivity (Wildman–Crippen MR) is 67.8 cm³/mol. The van der Waals surface area contributed by atoms with E-state index in [1.165, 1.54) is 24.6 Å². The average molecular weight is 243 g/mol. The summed E-state index contributed by atoms with van der Waals surface area (Å²) in [7, 11) is 0. The highest BCUT2D eigenvalue weighted by Crippen LogP contribution is 2.08. The zero-order valence-electron chi connectivity index (χ0n) is 9.71. The van der Waals surface area contributed by atoms with Gasteiger partial charge in [0.25, 0.3) is 0 Å². The molecule has 0 saturated carbocycles. The number of nitrogens with one attached hydrogen (secondary N) is 2. The summed E-state index contributed by atoms with van der Waals surface area (Å²) in [5.41, 5.74) is 0. The first-order chi connectivity index (χ1) is 7.86. The largest absolute Gasteiger partial charge is 0.353 e. The van der Waals surface area contributed by atoms with Gasteiger partial charge in [0, 0.05) is 37.7 Å². The molecule has 1 unspecified atom stereocenters. The molecule has 2 rings (SSSR count). The third kappa shape index (κ3) is 3.64. The van der Waals surface area contributed by atoms with Crippen molar-refractivity contribution in [3.05, 3.63) is 0 Å². The van der Waals surface area contributed by atoms with Gasteiger partial charge in [0.15, 0.2) is 0 Å². The Bertz CT molecular complexity index is 225. The Balaban J connectivity index is 1.57. The molecule has 0 bridgehead atoms. The Labute approximate surface area is 102 Å². The maximum atomic E-state index is 11.7.